The maximum absolute atomic E-state index is 11.5. The molecule has 0 bridgehead atoms. The van der Waals surface area contributed by atoms with E-state index in [1.165, 1.54) is 11.3 Å². The summed E-state index contributed by atoms with van der Waals surface area (Å²) in [4.78, 5) is 12.3. The lowest BCUT2D eigenvalue weighted by atomic mass is 10.2. The Morgan fingerprint density at radius 3 is 3.00 bits per heavy atom. The second-order valence-electron chi connectivity index (χ2n) is 2.71. The molecule has 13 heavy (non-hydrogen) atoms. The van der Waals surface area contributed by atoms with E-state index in [1.807, 2.05) is 17.5 Å². The molecule has 1 amide bonds. The first-order valence-electron chi connectivity index (χ1n) is 4.18. The number of nitrogens with one attached hydrogen (secondary N) is 1. The summed E-state index contributed by atoms with van der Waals surface area (Å²) in [6.45, 7) is 2.06. The fourth-order valence-electron chi connectivity index (χ4n) is 0.914. The highest BCUT2D eigenvalue weighted by molar-refractivity contribution is 9.09. The van der Waals surface area contributed by atoms with Crippen LogP contribution >= 0.6 is 27.3 Å². The Bertz CT molecular complexity index is 257. The SMILES string of the molecule is CCC(CBr)NC(=O)c1cccs1. The Balaban J connectivity index is 2.50. The normalized spacial score (nSPS) is 12.5. The van der Waals surface area contributed by atoms with Gasteiger partial charge in [-0.15, -0.1) is 11.3 Å². The molecule has 4 heteroatoms. The summed E-state index contributed by atoms with van der Waals surface area (Å²) in [6, 6.07) is 3.95. The highest BCUT2D eigenvalue weighted by Gasteiger charge is 2.10. The van der Waals surface area contributed by atoms with Gasteiger partial charge in [0, 0.05) is 11.4 Å². The van der Waals surface area contributed by atoms with E-state index in [0.717, 1.165) is 16.6 Å². The van der Waals surface area contributed by atoms with Crippen molar-refractivity contribution >= 4 is 33.2 Å². The number of halogens is 1. The van der Waals surface area contributed by atoms with Crippen molar-refractivity contribution in [1.82, 2.24) is 5.32 Å². The average molecular weight is 262 g/mol. The van der Waals surface area contributed by atoms with Crippen molar-refractivity contribution in [2.75, 3.05) is 5.33 Å². The van der Waals surface area contributed by atoms with Gasteiger partial charge < -0.3 is 5.32 Å². The van der Waals surface area contributed by atoms with E-state index in [-0.39, 0.29) is 11.9 Å². The molecule has 1 unspecified atom stereocenters. The lowest BCUT2D eigenvalue weighted by Crippen LogP contribution is -2.34. The van der Waals surface area contributed by atoms with Crippen molar-refractivity contribution < 1.29 is 4.79 Å². The topological polar surface area (TPSA) is 29.1 Å². The van der Waals surface area contributed by atoms with Crippen molar-refractivity contribution in [3.05, 3.63) is 22.4 Å². The maximum Gasteiger partial charge on any atom is 0.261 e. The Hall–Kier alpha value is -0.350. The first-order valence-corrected chi connectivity index (χ1v) is 6.18. The van der Waals surface area contributed by atoms with Gasteiger partial charge in [0.1, 0.15) is 0 Å². The number of carbonyl (C=O) groups excluding carboxylic acids is 1. The maximum atomic E-state index is 11.5. The zero-order valence-electron chi connectivity index (χ0n) is 7.42. The van der Waals surface area contributed by atoms with Crippen LogP contribution in [-0.4, -0.2) is 17.3 Å². The number of hydrogen-bond donors (Lipinski definition) is 1. The predicted molar refractivity (Wildman–Crippen MR) is 59.7 cm³/mol. The molecule has 0 aliphatic carbocycles. The zero-order valence-corrected chi connectivity index (χ0v) is 9.82. The van der Waals surface area contributed by atoms with Crippen molar-refractivity contribution in [2.45, 2.75) is 19.4 Å². The highest BCUT2D eigenvalue weighted by atomic mass is 79.9. The summed E-state index contributed by atoms with van der Waals surface area (Å²) in [5, 5.41) is 5.66. The van der Waals surface area contributed by atoms with Crippen molar-refractivity contribution in [1.29, 1.82) is 0 Å². The molecule has 72 valence electrons. The largest absolute Gasteiger partial charge is 0.348 e. The fraction of sp³-hybridized carbons (Fsp3) is 0.444. The van der Waals surface area contributed by atoms with Crippen LogP contribution in [0.15, 0.2) is 17.5 Å². The van der Waals surface area contributed by atoms with E-state index in [2.05, 4.69) is 28.2 Å². The smallest absolute Gasteiger partial charge is 0.261 e. The number of carbonyl (C=O) groups is 1. The molecule has 1 N–H and O–H groups in total. The van der Waals surface area contributed by atoms with Crippen LogP contribution in [0.2, 0.25) is 0 Å². The van der Waals surface area contributed by atoms with Crippen LogP contribution in [0.5, 0.6) is 0 Å². The van der Waals surface area contributed by atoms with Crippen molar-refractivity contribution in [3.8, 4) is 0 Å². The third-order valence-electron chi connectivity index (χ3n) is 1.76. The highest BCUT2D eigenvalue weighted by Crippen LogP contribution is 2.08. The van der Waals surface area contributed by atoms with Gasteiger partial charge in [-0.25, -0.2) is 0 Å². The molecule has 1 rings (SSSR count). The number of hydrogen-bond acceptors (Lipinski definition) is 2. The lowest BCUT2D eigenvalue weighted by Gasteiger charge is -2.12. The number of amides is 1. The van der Waals surface area contributed by atoms with Crippen LogP contribution in [-0.2, 0) is 0 Å². The summed E-state index contributed by atoms with van der Waals surface area (Å²) in [7, 11) is 0. The number of rotatable bonds is 4. The van der Waals surface area contributed by atoms with E-state index < -0.39 is 0 Å². The van der Waals surface area contributed by atoms with Gasteiger partial charge in [-0.1, -0.05) is 28.9 Å². The molecule has 0 saturated carbocycles. The summed E-state index contributed by atoms with van der Waals surface area (Å²) in [6.07, 6.45) is 0.947. The molecule has 1 heterocycles. The van der Waals surface area contributed by atoms with E-state index in [4.69, 9.17) is 0 Å². The first kappa shape index (κ1) is 10.7. The molecular formula is C9H12BrNOS. The number of thiophene rings is 1. The summed E-state index contributed by atoms with van der Waals surface area (Å²) in [5.41, 5.74) is 0. The fourth-order valence-corrected chi connectivity index (χ4v) is 2.16. The standard InChI is InChI=1S/C9H12BrNOS/c1-2-7(6-10)11-9(12)8-4-3-5-13-8/h3-5,7H,2,6H2,1H3,(H,11,12). The van der Waals surface area contributed by atoms with Crippen LogP contribution in [0.25, 0.3) is 0 Å². The third kappa shape index (κ3) is 3.12. The zero-order chi connectivity index (χ0) is 9.68. The lowest BCUT2D eigenvalue weighted by molar-refractivity contribution is 0.0944. The van der Waals surface area contributed by atoms with E-state index in [9.17, 15) is 4.79 Å². The minimum Gasteiger partial charge on any atom is -0.348 e. The molecule has 1 aromatic heterocycles. The first-order chi connectivity index (χ1) is 6.27. The monoisotopic (exact) mass is 261 g/mol. The summed E-state index contributed by atoms with van der Waals surface area (Å²) >= 11 is 4.82. The minimum atomic E-state index is 0.0290. The van der Waals surface area contributed by atoms with Crippen molar-refractivity contribution in [2.24, 2.45) is 0 Å². The van der Waals surface area contributed by atoms with Gasteiger partial charge in [0.25, 0.3) is 5.91 Å². The molecule has 0 aliphatic heterocycles. The summed E-state index contributed by atoms with van der Waals surface area (Å²) in [5.74, 6) is 0.0290. The molecule has 1 atom stereocenters. The van der Waals surface area contributed by atoms with E-state index in [0.29, 0.717) is 0 Å². The van der Waals surface area contributed by atoms with Crippen LogP contribution in [0.3, 0.4) is 0 Å². The quantitative estimate of drug-likeness (QED) is 0.830. The van der Waals surface area contributed by atoms with Gasteiger partial charge >= 0.3 is 0 Å². The van der Waals surface area contributed by atoms with Gasteiger partial charge in [-0.05, 0) is 17.9 Å². The van der Waals surface area contributed by atoms with Crippen LogP contribution in [0, 0.1) is 0 Å². The molecular weight excluding hydrogens is 250 g/mol. The molecule has 0 aromatic carbocycles. The Labute approximate surface area is 90.5 Å². The average Bonchev–Trinajstić information content (AvgIpc) is 2.66. The Morgan fingerprint density at radius 2 is 2.54 bits per heavy atom. The second-order valence-corrected chi connectivity index (χ2v) is 4.31. The minimum absolute atomic E-state index is 0.0290. The van der Waals surface area contributed by atoms with Gasteiger partial charge in [0.15, 0.2) is 0 Å². The van der Waals surface area contributed by atoms with Gasteiger partial charge in [-0.2, -0.15) is 0 Å². The van der Waals surface area contributed by atoms with Crippen molar-refractivity contribution in [3.63, 3.8) is 0 Å². The van der Waals surface area contributed by atoms with Crippen LogP contribution in [0.4, 0.5) is 0 Å². The molecule has 0 saturated heterocycles. The van der Waals surface area contributed by atoms with Crippen LogP contribution in [0.1, 0.15) is 23.0 Å². The molecule has 0 fully saturated rings. The molecule has 2 nitrogen and oxygen atoms in total. The summed E-state index contributed by atoms with van der Waals surface area (Å²) < 4.78 is 0. The number of alkyl halides is 1. The van der Waals surface area contributed by atoms with Gasteiger partial charge in [-0.3, -0.25) is 4.79 Å². The van der Waals surface area contributed by atoms with E-state index >= 15 is 0 Å². The Kier molecular flexibility index (Phi) is 4.45. The molecule has 1 aromatic rings. The van der Waals surface area contributed by atoms with Gasteiger partial charge in [0.05, 0.1) is 4.88 Å². The third-order valence-corrected chi connectivity index (χ3v) is 3.41. The molecule has 0 aliphatic rings. The Morgan fingerprint density at radius 1 is 1.77 bits per heavy atom. The van der Waals surface area contributed by atoms with Gasteiger partial charge in [0.2, 0.25) is 0 Å². The molecule has 0 radical (unpaired) electrons. The van der Waals surface area contributed by atoms with Crippen LogP contribution < -0.4 is 5.32 Å². The second kappa shape index (κ2) is 5.40. The molecule has 0 spiro atoms. The predicted octanol–water partition coefficient (Wildman–Crippen LogP) is 2.65. The van der Waals surface area contributed by atoms with E-state index in [1.54, 1.807) is 0 Å².